The van der Waals surface area contributed by atoms with Gasteiger partial charge in [-0.2, -0.15) is 14.6 Å². The highest BCUT2D eigenvalue weighted by Gasteiger charge is 2.16. The molecule has 0 unspecified atom stereocenters. The summed E-state index contributed by atoms with van der Waals surface area (Å²) in [5.74, 6) is 1.64. The van der Waals surface area contributed by atoms with E-state index in [0.29, 0.717) is 27.7 Å². The van der Waals surface area contributed by atoms with Gasteiger partial charge in [-0.15, -0.1) is 5.10 Å². The lowest BCUT2D eigenvalue weighted by Gasteiger charge is -2.04. The number of hydrogen-bond donors (Lipinski definition) is 0. The van der Waals surface area contributed by atoms with Crippen LogP contribution >= 0.6 is 11.3 Å². The third kappa shape index (κ3) is 4.01. The fourth-order valence-electron chi connectivity index (χ4n) is 3.78. The molecule has 0 aliphatic carbocycles. The van der Waals surface area contributed by atoms with E-state index in [1.807, 2.05) is 66.9 Å². The molecule has 8 nitrogen and oxygen atoms in total. The summed E-state index contributed by atoms with van der Waals surface area (Å²) in [5.41, 5.74) is 3.11. The predicted molar refractivity (Wildman–Crippen MR) is 138 cm³/mol. The van der Waals surface area contributed by atoms with Gasteiger partial charge in [-0.1, -0.05) is 42.2 Å². The van der Waals surface area contributed by atoms with Crippen molar-refractivity contribution in [1.29, 1.82) is 0 Å². The Balaban J connectivity index is 1.45. The highest BCUT2D eigenvalue weighted by atomic mass is 32.1. The number of hydrogen-bond acceptors (Lipinski definition) is 7. The average molecular weight is 494 g/mol. The number of furan rings is 1. The summed E-state index contributed by atoms with van der Waals surface area (Å²) in [5, 5.41) is 9.17. The van der Waals surface area contributed by atoms with Crippen LogP contribution in [0.4, 0.5) is 0 Å². The maximum Gasteiger partial charge on any atom is 0.291 e. The molecule has 0 N–H and O–H groups in total. The Bertz CT molecular complexity index is 1770. The molecular formula is C27H19N5O3S. The minimum absolute atomic E-state index is 0.244. The average Bonchev–Trinajstić information content (AvgIpc) is 3.70. The molecular weight excluding hydrogens is 474 g/mol. The van der Waals surface area contributed by atoms with Crippen LogP contribution in [0.3, 0.4) is 0 Å². The first kappa shape index (κ1) is 21.8. The lowest BCUT2D eigenvalue weighted by Crippen LogP contribution is -2.23. The maximum atomic E-state index is 13.1. The van der Waals surface area contributed by atoms with Gasteiger partial charge in [0.25, 0.3) is 5.56 Å². The van der Waals surface area contributed by atoms with Crippen molar-refractivity contribution in [2.45, 2.75) is 0 Å². The fraction of sp³-hybridized carbons (Fsp3) is 0.0370. The second-order valence-electron chi connectivity index (χ2n) is 7.86. The van der Waals surface area contributed by atoms with E-state index >= 15 is 0 Å². The molecule has 0 bridgehead atoms. The minimum atomic E-state index is -0.244. The van der Waals surface area contributed by atoms with Crippen molar-refractivity contribution in [3.63, 3.8) is 0 Å². The summed E-state index contributed by atoms with van der Waals surface area (Å²) in [4.78, 5) is 18.1. The van der Waals surface area contributed by atoms with E-state index in [1.165, 1.54) is 15.9 Å². The van der Waals surface area contributed by atoms with Crippen LogP contribution in [0.15, 0.2) is 101 Å². The van der Waals surface area contributed by atoms with Crippen LogP contribution in [0.2, 0.25) is 0 Å². The Hall–Kier alpha value is -4.76. The standard InChI is InChI=1S/C27H19N5O3S/c1-2-14-34-21-12-10-18(11-13-21)24-19(17-31(29-24)20-7-4-3-5-8-20)16-23-26(33)32-27(36-23)28-25(30-32)22-9-6-15-35-22/h2-13,15-17H,1,14H2. The molecule has 0 amide bonds. The number of aromatic nitrogens is 5. The molecule has 2 aromatic carbocycles. The smallest absolute Gasteiger partial charge is 0.291 e. The van der Waals surface area contributed by atoms with Gasteiger partial charge in [-0.3, -0.25) is 4.79 Å². The number of thiazole rings is 1. The second kappa shape index (κ2) is 9.12. The van der Waals surface area contributed by atoms with Crippen LogP contribution in [0.1, 0.15) is 5.56 Å². The van der Waals surface area contributed by atoms with Crippen LogP contribution in [-0.2, 0) is 0 Å². The SMILES string of the molecule is C=CCOc1ccc(-c2nn(-c3ccccc3)cc2C=c2sc3nc(-c4ccco4)nn3c2=O)cc1. The summed E-state index contributed by atoms with van der Waals surface area (Å²) in [6.07, 6.45) is 7.00. The molecule has 6 aromatic rings. The summed E-state index contributed by atoms with van der Waals surface area (Å²) in [7, 11) is 0. The van der Waals surface area contributed by atoms with Crippen molar-refractivity contribution >= 4 is 22.4 Å². The van der Waals surface area contributed by atoms with Crippen molar-refractivity contribution in [1.82, 2.24) is 24.4 Å². The predicted octanol–water partition coefficient (Wildman–Crippen LogP) is 4.38. The van der Waals surface area contributed by atoms with E-state index in [1.54, 1.807) is 29.2 Å². The third-order valence-corrected chi connectivity index (χ3v) is 6.43. The van der Waals surface area contributed by atoms with Crippen LogP contribution in [0, 0.1) is 0 Å². The lowest BCUT2D eigenvalue weighted by molar-refractivity contribution is 0.363. The molecule has 0 aliphatic heterocycles. The van der Waals surface area contributed by atoms with Crippen molar-refractivity contribution in [3.8, 4) is 34.3 Å². The molecule has 0 saturated carbocycles. The van der Waals surface area contributed by atoms with Gasteiger partial charge in [-0.05, 0) is 54.6 Å². The monoisotopic (exact) mass is 493 g/mol. The fourth-order valence-corrected chi connectivity index (χ4v) is 4.68. The maximum absolute atomic E-state index is 13.1. The molecule has 0 aliphatic rings. The van der Waals surface area contributed by atoms with Crippen molar-refractivity contribution in [2.75, 3.05) is 6.61 Å². The molecule has 4 heterocycles. The van der Waals surface area contributed by atoms with Crippen molar-refractivity contribution in [3.05, 3.63) is 112 Å². The number of para-hydroxylation sites is 1. The Labute approximate surface area is 209 Å². The summed E-state index contributed by atoms with van der Waals surface area (Å²) in [6, 6.07) is 21.0. The van der Waals surface area contributed by atoms with Crippen LogP contribution in [0.25, 0.3) is 39.6 Å². The zero-order chi connectivity index (χ0) is 24.5. The van der Waals surface area contributed by atoms with Crippen LogP contribution < -0.4 is 14.8 Å². The highest BCUT2D eigenvalue weighted by molar-refractivity contribution is 7.15. The third-order valence-electron chi connectivity index (χ3n) is 5.47. The largest absolute Gasteiger partial charge is 0.490 e. The molecule has 4 aromatic heterocycles. The van der Waals surface area contributed by atoms with Gasteiger partial charge in [0.1, 0.15) is 18.1 Å². The van der Waals surface area contributed by atoms with Gasteiger partial charge in [0, 0.05) is 17.3 Å². The second-order valence-corrected chi connectivity index (χ2v) is 8.87. The van der Waals surface area contributed by atoms with E-state index in [4.69, 9.17) is 14.3 Å². The van der Waals surface area contributed by atoms with E-state index in [0.717, 1.165) is 28.3 Å². The zero-order valence-electron chi connectivity index (χ0n) is 18.9. The Morgan fingerprint density at radius 3 is 2.58 bits per heavy atom. The first-order valence-corrected chi connectivity index (χ1v) is 12.0. The van der Waals surface area contributed by atoms with Crippen LogP contribution in [-0.4, -0.2) is 31.0 Å². The summed E-state index contributed by atoms with van der Waals surface area (Å²) < 4.78 is 14.6. The van der Waals surface area contributed by atoms with E-state index in [2.05, 4.69) is 16.7 Å². The number of benzene rings is 2. The summed E-state index contributed by atoms with van der Waals surface area (Å²) >= 11 is 1.27. The molecule has 0 saturated heterocycles. The molecule has 36 heavy (non-hydrogen) atoms. The van der Waals surface area contributed by atoms with E-state index in [9.17, 15) is 4.79 Å². The van der Waals surface area contributed by atoms with Crippen molar-refractivity contribution in [2.24, 2.45) is 0 Å². The number of fused-ring (bicyclic) bond motifs is 1. The van der Waals surface area contributed by atoms with E-state index < -0.39 is 0 Å². The molecule has 0 spiro atoms. The van der Waals surface area contributed by atoms with Gasteiger partial charge < -0.3 is 9.15 Å². The number of rotatable bonds is 7. The molecule has 6 rings (SSSR count). The quantitative estimate of drug-likeness (QED) is 0.307. The zero-order valence-corrected chi connectivity index (χ0v) is 19.8. The highest BCUT2D eigenvalue weighted by Crippen LogP contribution is 2.26. The normalized spacial score (nSPS) is 11.8. The first-order chi connectivity index (χ1) is 17.7. The minimum Gasteiger partial charge on any atom is -0.490 e. The molecule has 9 heteroatoms. The first-order valence-electron chi connectivity index (χ1n) is 11.1. The summed E-state index contributed by atoms with van der Waals surface area (Å²) in [6.45, 7) is 4.11. The molecule has 0 fully saturated rings. The van der Waals surface area contributed by atoms with Gasteiger partial charge in [-0.25, -0.2) is 4.68 Å². The molecule has 0 atom stereocenters. The van der Waals surface area contributed by atoms with Gasteiger partial charge >= 0.3 is 0 Å². The van der Waals surface area contributed by atoms with Gasteiger partial charge in [0.15, 0.2) is 5.76 Å². The Morgan fingerprint density at radius 2 is 1.86 bits per heavy atom. The Morgan fingerprint density at radius 1 is 1.03 bits per heavy atom. The number of ether oxygens (including phenoxy) is 1. The van der Waals surface area contributed by atoms with Gasteiger partial charge in [0.2, 0.25) is 10.8 Å². The lowest BCUT2D eigenvalue weighted by atomic mass is 10.1. The van der Waals surface area contributed by atoms with Gasteiger partial charge in [0.05, 0.1) is 16.5 Å². The topological polar surface area (TPSA) is 87.4 Å². The van der Waals surface area contributed by atoms with Crippen molar-refractivity contribution < 1.29 is 9.15 Å². The Kier molecular flexibility index (Phi) is 5.51. The van der Waals surface area contributed by atoms with Crippen LogP contribution in [0.5, 0.6) is 5.75 Å². The molecule has 0 radical (unpaired) electrons. The van der Waals surface area contributed by atoms with E-state index in [-0.39, 0.29) is 5.56 Å². The molecule has 176 valence electrons. The number of nitrogens with zero attached hydrogens (tertiary/aromatic N) is 5.